The highest BCUT2D eigenvalue weighted by Gasteiger charge is 2.37. The second kappa shape index (κ2) is 5.19. The zero-order valence-electron chi connectivity index (χ0n) is 11.4. The zero-order chi connectivity index (χ0) is 14.4. The fourth-order valence-corrected chi connectivity index (χ4v) is 4.07. The molecule has 2 aromatic rings. The van der Waals surface area contributed by atoms with Crippen LogP contribution in [-0.4, -0.2) is 0 Å². The Morgan fingerprint density at radius 3 is 2.71 bits per heavy atom. The number of halogens is 2. The lowest BCUT2D eigenvalue weighted by molar-refractivity contribution is 0.425. The van der Waals surface area contributed by atoms with E-state index in [-0.39, 0.29) is 0 Å². The van der Waals surface area contributed by atoms with Gasteiger partial charge in [-0.15, -0.1) is 0 Å². The quantitative estimate of drug-likeness (QED) is 0.622. The minimum Gasteiger partial charge on any atom is -0.378 e. The summed E-state index contributed by atoms with van der Waals surface area (Å²) >= 11 is 9.61. The molecule has 0 aromatic heterocycles. The molecule has 0 unspecified atom stereocenters. The molecule has 3 atom stereocenters. The van der Waals surface area contributed by atoms with Crippen LogP contribution < -0.4 is 5.32 Å². The maximum absolute atomic E-state index is 6.02. The van der Waals surface area contributed by atoms with Gasteiger partial charge in [-0.3, -0.25) is 0 Å². The molecule has 0 saturated carbocycles. The van der Waals surface area contributed by atoms with Crippen molar-refractivity contribution in [3.8, 4) is 0 Å². The number of nitrogens with one attached hydrogen (secondary N) is 1. The zero-order valence-corrected chi connectivity index (χ0v) is 13.7. The van der Waals surface area contributed by atoms with Crippen LogP contribution in [0, 0.1) is 5.92 Å². The lowest BCUT2D eigenvalue weighted by atomic mass is 9.77. The third-order valence-electron chi connectivity index (χ3n) is 4.55. The molecule has 0 bridgehead atoms. The molecule has 3 heteroatoms. The molecule has 0 spiro atoms. The van der Waals surface area contributed by atoms with Crippen molar-refractivity contribution in [3.05, 3.63) is 75.2 Å². The molecule has 1 nitrogen and oxygen atoms in total. The van der Waals surface area contributed by atoms with Gasteiger partial charge >= 0.3 is 0 Å². The summed E-state index contributed by atoms with van der Waals surface area (Å²) in [5.41, 5.74) is 3.95. The van der Waals surface area contributed by atoms with Crippen molar-refractivity contribution in [3.63, 3.8) is 0 Å². The minimum absolute atomic E-state index is 0.343. The number of benzene rings is 2. The number of anilines is 1. The third-order valence-corrected chi connectivity index (χ3v) is 5.30. The average molecular weight is 361 g/mol. The maximum atomic E-state index is 6.02. The van der Waals surface area contributed by atoms with Crippen LogP contribution in [0.25, 0.3) is 0 Å². The Morgan fingerprint density at radius 1 is 1.10 bits per heavy atom. The first-order chi connectivity index (χ1) is 10.2. The van der Waals surface area contributed by atoms with Crippen LogP contribution >= 0.6 is 27.5 Å². The van der Waals surface area contributed by atoms with Crippen molar-refractivity contribution in [2.24, 2.45) is 5.92 Å². The van der Waals surface area contributed by atoms with Gasteiger partial charge in [0.25, 0.3) is 0 Å². The van der Waals surface area contributed by atoms with Gasteiger partial charge in [-0.25, -0.2) is 0 Å². The fourth-order valence-electron chi connectivity index (χ4n) is 3.57. The molecule has 0 amide bonds. The normalized spacial score (nSPS) is 26.1. The standard InChI is InChI=1S/C18H15BrClN/c19-12-6-9-17-16(10-12)14-2-1-3-15(14)18(21-17)11-4-7-13(20)8-5-11/h1-2,4-10,14-15,18,21H,3H2/t14-,15-,18-/m0/s1. The molecule has 106 valence electrons. The Balaban J connectivity index is 1.78. The predicted octanol–water partition coefficient (Wildman–Crippen LogP) is 5.93. The molecule has 1 aliphatic carbocycles. The van der Waals surface area contributed by atoms with Gasteiger partial charge in [0, 0.05) is 21.1 Å². The molecule has 4 rings (SSSR count). The largest absolute Gasteiger partial charge is 0.378 e. The predicted molar refractivity (Wildman–Crippen MR) is 91.9 cm³/mol. The second-order valence-electron chi connectivity index (χ2n) is 5.76. The minimum atomic E-state index is 0.343. The van der Waals surface area contributed by atoms with Crippen LogP contribution in [0.3, 0.4) is 0 Å². The summed E-state index contributed by atoms with van der Waals surface area (Å²) in [6, 6.07) is 15.1. The summed E-state index contributed by atoms with van der Waals surface area (Å²) in [5.74, 6) is 1.08. The van der Waals surface area contributed by atoms with E-state index >= 15 is 0 Å². The van der Waals surface area contributed by atoms with E-state index in [0.29, 0.717) is 17.9 Å². The van der Waals surface area contributed by atoms with Gasteiger partial charge in [0.05, 0.1) is 6.04 Å². The van der Waals surface area contributed by atoms with E-state index < -0.39 is 0 Å². The van der Waals surface area contributed by atoms with E-state index in [1.807, 2.05) is 12.1 Å². The van der Waals surface area contributed by atoms with E-state index in [9.17, 15) is 0 Å². The van der Waals surface area contributed by atoms with Crippen LogP contribution in [0.2, 0.25) is 5.02 Å². The number of hydrogen-bond donors (Lipinski definition) is 1. The molecule has 2 aliphatic rings. The van der Waals surface area contributed by atoms with Crippen LogP contribution in [0.15, 0.2) is 59.1 Å². The Bertz CT molecular complexity index is 708. The fraction of sp³-hybridized carbons (Fsp3) is 0.222. The lowest BCUT2D eigenvalue weighted by Crippen LogP contribution is -2.28. The van der Waals surface area contributed by atoms with Crippen molar-refractivity contribution in [1.82, 2.24) is 0 Å². The first-order valence-corrected chi connectivity index (χ1v) is 8.37. The van der Waals surface area contributed by atoms with Gasteiger partial charge in [-0.05, 0) is 53.8 Å². The molecule has 0 radical (unpaired) electrons. The van der Waals surface area contributed by atoms with Gasteiger partial charge in [0.15, 0.2) is 0 Å². The highest BCUT2D eigenvalue weighted by molar-refractivity contribution is 9.10. The van der Waals surface area contributed by atoms with Crippen molar-refractivity contribution < 1.29 is 0 Å². The number of rotatable bonds is 1. The Labute approximate surface area is 138 Å². The van der Waals surface area contributed by atoms with Gasteiger partial charge in [-0.2, -0.15) is 0 Å². The van der Waals surface area contributed by atoms with Gasteiger partial charge in [0.2, 0.25) is 0 Å². The highest BCUT2D eigenvalue weighted by Crippen LogP contribution is 2.50. The monoisotopic (exact) mass is 359 g/mol. The van der Waals surface area contributed by atoms with E-state index in [2.05, 4.69) is 63.7 Å². The van der Waals surface area contributed by atoms with Crippen LogP contribution in [-0.2, 0) is 0 Å². The summed E-state index contributed by atoms with van der Waals surface area (Å²) in [7, 11) is 0. The highest BCUT2D eigenvalue weighted by atomic mass is 79.9. The molecule has 2 aromatic carbocycles. The number of allylic oxidation sites excluding steroid dienone is 2. The third kappa shape index (κ3) is 2.31. The van der Waals surface area contributed by atoms with E-state index in [1.165, 1.54) is 16.8 Å². The molecular formula is C18H15BrClN. The average Bonchev–Trinajstić information content (AvgIpc) is 2.97. The molecule has 1 heterocycles. The van der Waals surface area contributed by atoms with Gasteiger partial charge < -0.3 is 5.32 Å². The number of fused-ring (bicyclic) bond motifs is 3. The summed E-state index contributed by atoms with van der Waals surface area (Å²) in [4.78, 5) is 0. The molecule has 21 heavy (non-hydrogen) atoms. The molecule has 0 saturated heterocycles. The topological polar surface area (TPSA) is 12.0 Å². The summed E-state index contributed by atoms with van der Waals surface area (Å²) in [5, 5.41) is 4.52. The Morgan fingerprint density at radius 2 is 1.90 bits per heavy atom. The Kier molecular flexibility index (Phi) is 3.31. The smallest absolute Gasteiger partial charge is 0.0553 e. The first kappa shape index (κ1) is 13.4. The first-order valence-electron chi connectivity index (χ1n) is 7.20. The second-order valence-corrected chi connectivity index (χ2v) is 7.11. The summed E-state index contributed by atoms with van der Waals surface area (Å²) < 4.78 is 1.15. The van der Waals surface area contributed by atoms with E-state index in [0.717, 1.165) is 15.9 Å². The summed E-state index contributed by atoms with van der Waals surface area (Å²) in [6.07, 6.45) is 5.80. The van der Waals surface area contributed by atoms with Gasteiger partial charge in [-0.1, -0.05) is 51.8 Å². The van der Waals surface area contributed by atoms with Gasteiger partial charge in [0.1, 0.15) is 0 Å². The number of hydrogen-bond acceptors (Lipinski definition) is 1. The molecular weight excluding hydrogens is 346 g/mol. The van der Waals surface area contributed by atoms with Crippen LogP contribution in [0.1, 0.15) is 29.5 Å². The summed E-state index contributed by atoms with van der Waals surface area (Å²) in [6.45, 7) is 0. The van der Waals surface area contributed by atoms with E-state index in [1.54, 1.807) is 0 Å². The van der Waals surface area contributed by atoms with Crippen molar-refractivity contribution in [2.45, 2.75) is 18.4 Å². The molecule has 1 N–H and O–H groups in total. The van der Waals surface area contributed by atoms with Crippen LogP contribution in [0.4, 0.5) is 5.69 Å². The maximum Gasteiger partial charge on any atom is 0.0553 e. The molecule has 1 aliphatic heterocycles. The van der Waals surface area contributed by atoms with Crippen LogP contribution in [0.5, 0.6) is 0 Å². The SMILES string of the molecule is Clc1ccc([C@@H]2Nc3ccc(Br)cc3[C@H]3C=CC[C@@H]32)cc1. The van der Waals surface area contributed by atoms with Crippen molar-refractivity contribution >= 4 is 33.2 Å². The Hall–Kier alpha value is -1.25. The van der Waals surface area contributed by atoms with Crippen molar-refractivity contribution in [1.29, 1.82) is 0 Å². The molecule has 0 fully saturated rings. The van der Waals surface area contributed by atoms with Crippen molar-refractivity contribution in [2.75, 3.05) is 5.32 Å². The lowest BCUT2D eigenvalue weighted by Gasteiger charge is -2.37. The van der Waals surface area contributed by atoms with E-state index in [4.69, 9.17) is 11.6 Å².